The van der Waals surface area contributed by atoms with Crippen molar-refractivity contribution in [3.05, 3.63) is 53.1 Å². The number of aliphatic carboxylic acids is 1. The second-order valence-corrected chi connectivity index (χ2v) is 8.99. The first-order valence-corrected chi connectivity index (χ1v) is 10.8. The van der Waals surface area contributed by atoms with Crippen molar-refractivity contribution in [2.45, 2.75) is 39.2 Å². The Kier molecular flexibility index (Phi) is 13.0. The summed E-state index contributed by atoms with van der Waals surface area (Å²) in [5, 5.41) is 20.1. The standard InChI is InChI=1S/C21H23FNO5P.2Na/c1-13(2)21-18(8-9-29(27,28)12-17(24)11-20(25)26)19(10-14(3)23-21)15-4-6-16(22)7-5-15;;/h4-7,10,13,17,24H,11-12H2,1-3H3,(H,25,26)(H,27,28);;/q;2*+1/p-2/t17-;;/m1../s1. The number of rotatable bonds is 6. The van der Waals surface area contributed by atoms with Gasteiger partial charge in [-0.25, -0.2) is 4.39 Å². The summed E-state index contributed by atoms with van der Waals surface area (Å²) < 4.78 is 25.6. The minimum atomic E-state index is -4.39. The number of aliphatic hydroxyl groups is 1. The number of carbonyl (C=O) groups excluding carboxylic acids is 1. The van der Waals surface area contributed by atoms with Crippen molar-refractivity contribution < 1.29 is 88.0 Å². The van der Waals surface area contributed by atoms with Crippen LogP contribution in [0.2, 0.25) is 0 Å². The maximum atomic E-state index is 13.3. The number of carboxylic acid groups (broad SMARTS) is 1. The van der Waals surface area contributed by atoms with E-state index >= 15 is 0 Å². The molecule has 0 aliphatic rings. The van der Waals surface area contributed by atoms with Gasteiger partial charge in [0.2, 0.25) is 0 Å². The quantitative estimate of drug-likeness (QED) is 0.264. The van der Waals surface area contributed by atoms with Crippen molar-refractivity contribution in [1.29, 1.82) is 0 Å². The number of halogens is 1. The molecular formula is C21H21FNNa2O5P. The van der Waals surface area contributed by atoms with E-state index in [0.29, 0.717) is 28.1 Å². The number of aryl methyl sites for hydroxylation is 1. The fourth-order valence-corrected chi connectivity index (χ4v) is 3.88. The number of carbonyl (C=O) groups is 1. The predicted octanol–water partition coefficient (Wildman–Crippen LogP) is -4.22. The van der Waals surface area contributed by atoms with Gasteiger partial charge >= 0.3 is 59.1 Å². The Hall–Kier alpha value is -0.520. The Morgan fingerprint density at radius 1 is 1.26 bits per heavy atom. The van der Waals surface area contributed by atoms with Gasteiger partial charge in [0.25, 0.3) is 0 Å². The molecule has 6 nitrogen and oxygen atoms in total. The molecule has 1 aromatic carbocycles. The Bertz CT molecular complexity index is 1020. The van der Waals surface area contributed by atoms with Gasteiger partial charge in [-0.3, -0.25) is 4.98 Å². The maximum absolute atomic E-state index is 13.3. The third kappa shape index (κ3) is 9.47. The molecule has 1 aromatic heterocycles. The largest absolute Gasteiger partial charge is 1.00 e. The Morgan fingerprint density at radius 3 is 2.35 bits per heavy atom. The van der Waals surface area contributed by atoms with Crippen LogP contribution in [0.4, 0.5) is 4.39 Å². The molecule has 0 fully saturated rings. The molecule has 154 valence electrons. The monoisotopic (exact) mass is 463 g/mol. The van der Waals surface area contributed by atoms with E-state index in [4.69, 9.17) is 0 Å². The van der Waals surface area contributed by atoms with E-state index in [0.717, 1.165) is 0 Å². The van der Waals surface area contributed by atoms with E-state index in [1.54, 1.807) is 25.1 Å². The molecular weight excluding hydrogens is 442 g/mol. The Balaban J connectivity index is 0.00000450. The number of aromatic nitrogens is 1. The summed E-state index contributed by atoms with van der Waals surface area (Å²) in [5.41, 5.74) is 5.13. The molecule has 1 N–H and O–H groups in total. The van der Waals surface area contributed by atoms with E-state index in [2.05, 4.69) is 16.6 Å². The average Bonchev–Trinajstić information content (AvgIpc) is 2.59. The van der Waals surface area contributed by atoms with E-state index in [1.807, 2.05) is 13.8 Å². The van der Waals surface area contributed by atoms with Crippen LogP contribution in [0.1, 0.15) is 43.1 Å². The molecule has 0 radical (unpaired) electrons. The zero-order chi connectivity index (χ0) is 21.8. The molecule has 0 bridgehead atoms. The summed E-state index contributed by atoms with van der Waals surface area (Å²) >= 11 is 0. The van der Waals surface area contributed by atoms with E-state index in [9.17, 15) is 28.9 Å². The normalized spacial score (nSPS) is 13.1. The van der Waals surface area contributed by atoms with Crippen LogP contribution in [-0.2, 0) is 9.36 Å². The summed E-state index contributed by atoms with van der Waals surface area (Å²) in [5.74, 6) is 0.636. The van der Waals surface area contributed by atoms with Crippen molar-refractivity contribution in [1.82, 2.24) is 4.98 Å². The smallest absolute Gasteiger partial charge is 0.790 e. The fourth-order valence-electron chi connectivity index (χ4n) is 2.82. The second kappa shape index (κ2) is 13.3. The molecule has 2 atom stereocenters. The first kappa shape index (κ1) is 30.5. The average molecular weight is 463 g/mol. The summed E-state index contributed by atoms with van der Waals surface area (Å²) in [6.45, 7) is 5.58. The van der Waals surface area contributed by atoms with Gasteiger partial charge < -0.3 is 24.5 Å². The van der Waals surface area contributed by atoms with Crippen molar-refractivity contribution in [3.63, 3.8) is 0 Å². The van der Waals surface area contributed by atoms with Gasteiger partial charge in [-0.15, -0.1) is 0 Å². The molecule has 2 aromatic rings. The SMILES string of the molecule is Cc1cc(-c2ccc(F)cc2)c(C#CP(=O)([O-])C[C@H](O)CC(=O)[O-])c(C(C)C)n1.[Na+].[Na+]. The number of hydrogen-bond acceptors (Lipinski definition) is 6. The van der Waals surface area contributed by atoms with Gasteiger partial charge in [-0.1, -0.05) is 31.9 Å². The van der Waals surface area contributed by atoms with E-state index in [-0.39, 0.29) is 65.0 Å². The molecule has 0 saturated heterocycles. The predicted molar refractivity (Wildman–Crippen MR) is 103 cm³/mol. The number of carboxylic acids is 1. The number of aliphatic hydroxyl groups excluding tert-OH is 1. The van der Waals surface area contributed by atoms with Gasteiger partial charge in [-0.2, -0.15) is 0 Å². The molecule has 1 unspecified atom stereocenters. The number of benzene rings is 1. The summed E-state index contributed by atoms with van der Waals surface area (Å²) in [4.78, 5) is 27.2. The first-order valence-electron chi connectivity index (χ1n) is 8.97. The third-order valence-corrected chi connectivity index (χ3v) is 5.44. The third-order valence-electron chi connectivity index (χ3n) is 4.08. The Morgan fingerprint density at radius 2 is 1.84 bits per heavy atom. The zero-order valence-electron chi connectivity index (χ0n) is 18.3. The van der Waals surface area contributed by atoms with E-state index in [1.165, 1.54) is 12.1 Å². The van der Waals surface area contributed by atoms with Gasteiger partial charge in [-0.05, 0) is 42.3 Å². The van der Waals surface area contributed by atoms with Crippen molar-refractivity contribution in [2.24, 2.45) is 0 Å². The Labute approximate surface area is 225 Å². The van der Waals surface area contributed by atoms with Gasteiger partial charge in [0.05, 0.1) is 24.7 Å². The zero-order valence-corrected chi connectivity index (χ0v) is 23.2. The van der Waals surface area contributed by atoms with Crippen LogP contribution in [0, 0.1) is 24.3 Å². The topological polar surface area (TPSA) is 113 Å². The number of hydrogen-bond donors (Lipinski definition) is 1. The second-order valence-electron chi connectivity index (χ2n) is 7.06. The molecule has 0 spiro atoms. The van der Waals surface area contributed by atoms with Gasteiger partial charge in [0.1, 0.15) is 5.82 Å². The molecule has 0 amide bonds. The van der Waals surface area contributed by atoms with Crippen LogP contribution >= 0.6 is 7.37 Å². The van der Waals surface area contributed by atoms with Gasteiger partial charge in [0.15, 0.2) is 0 Å². The van der Waals surface area contributed by atoms with Gasteiger partial charge in [0, 0.05) is 29.8 Å². The molecule has 0 saturated carbocycles. The molecule has 31 heavy (non-hydrogen) atoms. The van der Waals surface area contributed by atoms with Crippen molar-refractivity contribution in [2.75, 3.05) is 6.16 Å². The minimum Gasteiger partial charge on any atom is -0.790 e. The molecule has 10 heteroatoms. The van der Waals surface area contributed by atoms with Crippen LogP contribution in [-0.4, -0.2) is 28.3 Å². The minimum absolute atomic E-state index is 0. The maximum Gasteiger partial charge on any atom is 1.00 e. The van der Waals surface area contributed by atoms with Crippen LogP contribution < -0.4 is 69.1 Å². The number of nitrogens with zero attached hydrogens (tertiary/aromatic N) is 1. The number of pyridine rings is 1. The summed E-state index contributed by atoms with van der Waals surface area (Å²) in [7, 11) is -4.39. The molecule has 0 aliphatic heterocycles. The van der Waals surface area contributed by atoms with Crippen LogP contribution in [0.15, 0.2) is 30.3 Å². The fraction of sp³-hybridized carbons (Fsp3) is 0.333. The summed E-state index contributed by atoms with van der Waals surface area (Å²) in [6, 6.07) is 7.47. The van der Waals surface area contributed by atoms with Crippen LogP contribution in [0.25, 0.3) is 11.1 Å². The van der Waals surface area contributed by atoms with E-state index < -0.39 is 37.8 Å². The van der Waals surface area contributed by atoms with Crippen molar-refractivity contribution in [3.8, 4) is 22.7 Å². The molecule has 1 heterocycles. The van der Waals surface area contributed by atoms with Crippen LogP contribution in [0.3, 0.4) is 0 Å². The molecule has 0 aliphatic carbocycles. The van der Waals surface area contributed by atoms with Crippen molar-refractivity contribution >= 4 is 13.3 Å². The first-order chi connectivity index (χ1) is 13.5. The summed E-state index contributed by atoms with van der Waals surface area (Å²) in [6.07, 6.45) is -3.19. The van der Waals surface area contributed by atoms with Crippen LogP contribution in [0.5, 0.6) is 0 Å². The molecule has 2 rings (SSSR count).